The Bertz CT molecular complexity index is 226. The Hall–Kier alpha value is -0.940. The molecule has 1 fully saturated rings. The Morgan fingerprint density at radius 1 is 1.54 bits per heavy atom. The molecule has 1 saturated heterocycles. The van der Waals surface area contributed by atoms with Crippen molar-refractivity contribution in [1.82, 2.24) is 4.90 Å². The van der Waals surface area contributed by atoms with Gasteiger partial charge in [0.15, 0.2) is 5.78 Å². The number of aliphatic hydroxyl groups is 2. The first-order valence-electron chi connectivity index (χ1n) is 4.16. The predicted molar refractivity (Wildman–Crippen MR) is 43.9 cm³/mol. The summed E-state index contributed by atoms with van der Waals surface area (Å²) in [4.78, 5) is 23.3. The molecule has 13 heavy (non-hydrogen) atoms. The second-order valence-electron chi connectivity index (χ2n) is 3.23. The molecule has 0 aliphatic carbocycles. The Kier molecular flexibility index (Phi) is 3.00. The Morgan fingerprint density at radius 3 is 2.46 bits per heavy atom. The van der Waals surface area contributed by atoms with Gasteiger partial charge in [-0.3, -0.25) is 9.59 Å². The topological polar surface area (TPSA) is 77.8 Å². The minimum atomic E-state index is -0.820. The quantitative estimate of drug-likeness (QED) is 0.529. The van der Waals surface area contributed by atoms with Crippen LogP contribution in [-0.2, 0) is 9.59 Å². The van der Waals surface area contributed by atoms with E-state index in [9.17, 15) is 14.7 Å². The zero-order valence-corrected chi connectivity index (χ0v) is 7.43. The maximum atomic E-state index is 11.2. The zero-order valence-electron chi connectivity index (χ0n) is 7.43. The molecule has 0 unspecified atom stereocenters. The summed E-state index contributed by atoms with van der Waals surface area (Å²) < 4.78 is 0. The van der Waals surface area contributed by atoms with Gasteiger partial charge in [0.1, 0.15) is 0 Å². The van der Waals surface area contributed by atoms with E-state index in [1.807, 2.05) is 0 Å². The van der Waals surface area contributed by atoms with Gasteiger partial charge in [-0.2, -0.15) is 0 Å². The number of aliphatic hydroxyl groups excluding tert-OH is 2. The molecule has 0 aromatic heterocycles. The van der Waals surface area contributed by atoms with E-state index >= 15 is 0 Å². The fourth-order valence-electron chi connectivity index (χ4n) is 1.42. The standard InChI is InChI=1S/C8H13NO4/c1-5(11)7(4-10)9-3-6(12)2-8(9)13/h5,7,10-11H,2-4H2,1H3/t5-,7-/m1/s1. The molecule has 1 rings (SSSR count). The highest BCUT2D eigenvalue weighted by molar-refractivity contribution is 6.05. The molecule has 0 aromatic rings. The van der Waals surface area contributed by atoms with Crippen LogP contribution in [0.1, 0.15) is 13.3 Å². The van der Waals surface area contributed by atoms with Gasteiger partial charge in [0.05, 0.1) is 31.7 Å². The fourth-order valence-corrected chi connectivity index (χ4v) is 1.42. The molecule has 1 amide bonds. The van der Waals surface area contributed by atoms with Crippen LogP contribution >= 0.6 is 0 Å². The lowest BCUT2D eigenvalue weighted by Gasteiger charge is -2.27. The average molecular weight is 187 g/mol. The molecule has 1 aliphatic rings. The van der Waals surface area contributed by atoms with Crippen molar-refractivity contribution in [3.05, 3.63) is 0 Å². The molecule has 0 saturated carbocycles. The van der Waals surface area contributed by atoms with Crippen molar-refractivity contribution in [3.63, 3.8) is 0 Å². The maximum Gasteiger partial charge on any atom is 0.230 e. The Morgan fingerprint density at radius 2 is 2.15 bits per heavy atom. The molecular weight excluding hydrogens is 174 g/mol. The van der Waals surface area contributed by atoms with Crippen molar-refractivity contribution >= 4 is 11.7 Å². The number of rotatable bonds is 3. The Balaban J connectivity index is 2.69. The first-order chi connectivity index (χ1) is 6.06. The van der Waals surface area contributed by atoms with Crippen LogP contribution in [0, 0.1) is 0 Å². The molecule has 0 aromatic carbocycles. The van der Waals surface area contributed by atoms with E-state index in [1.54, 1.807) is 0 Å². The van der Waals surface area contributed by atoms with Crippen LogP contribution < -0.4 is 0 Å². The summed E-state index contributed by atoms with van der Waals surface area (Å²) in [6.07, 6.45) is -0.928. The molecule has 1 aliphatic heterocycles. The lowest BCUT2D eigenvalue weighted by Crippen LogP contribution is -2.45. The van der Waals surface area contributed by atoms with Crippen LogP contribution in [0.3, 0.4) is 0 Å². The molecule has 2 N–H and O–H groups in total. The van der Waals surface area contributed by atoms with Gasteiger partial charge in [-0.25, -0.2) is 0 Å². The van der Waals surface area contributed by atoms with E-state index in [-0.39, 0.29) is 31.3 Å². The second-order valence-corrected chi connectivity index (χ2v) is 3.23. The predicted octanol–water partition coefficient (Wildman–Crippen LogP) is -1.47. The van der Waals surface area contributed by atoms with E-state index in [1.165, 1.54) is 11.8 Å². The van der Waals surface area contributed by atoms with Crippen LogP contribution in [0.15, 0.2) is 0 Å². The lowest BCUT2D eigenvalue weighted by atomic mass is 10.2. The third kappa shape index (κ3) is 2.05. The number of hydrogen-bond acceptors (Lipinski definition) is 4. The first kappa shape index (κ1) is 10.1. The molecular formula is C8H13NO4. The van der Waals surface area contributed by atoms with E-state index in [4.69, 9.17) is 5.11 Å². The summed E-state index contributed by atoms with van der Waals surface area (Å²) >= 11 is 0. The number of carbonyl (C=O) groups is 2. The van der Waals surface area contributed by atoms with E-state index in [0.29, 0.717) is 0 Å². The lowest BCUT2D eigenvalue weighted by molar-refractivity contribution is -0.132. The van der Waals surface area contributed by atoms with Crippen molar-refractivity contribution in [2.24, 2.45) is 0 Å². The van der Waals surface area contributed by atoms with Gasteiger partial charge in [0.2, 0.25) is 5.91 Å². The number of Topliss-reactive ketones (excluding diaryl/α,β-unsaturated/α-hetero) is 1. The number of hydrogen-bond donors (Lipinski definition) is 2. The number of likely N-dealkylation sites (tertiary alicyclic amines) is 1. The second kappa shape index (κ2) is 3.85. The van der Waals surface area contributed by atoms with Crippen LogP contribution in [0.25, 0.3) is 0 Å². The largest absolute Gasteiger partial charge is 0.394 e. The number of ketones is 1. The van der Waals surface area contributed by atoms with Gasteiger partial charge in [0.25, 0.3) is 0 Å². The number of amides is 1. The minimum Gasteiger partial charge on any atom is -0.394 e. The monoisotopic (exact) mass is 187 g/mol. The molecule has 5 nitrogen and oxygen atoms in total. The van der Waals surface area contributed by atoms with Crippen molar-refractivity contribution in [1.29, 1.82) is 0 Å². The normalized spacial score (nSPS) is 22.2. The summed E-state index contributed by atoms with van der Waals surface area (Å²) in [5, 5.41) is 18.1. The smallest absolute Gasteiger partial charge is 0.230 e. The third-order valence-corrected chi connectivity index (χ3v) is 2.16. The number of nitrogens with zero attached hydrogens (tertiary/aromatic N) is 1. The van der Waals surface area contributed by atoms with Gasteiger partial charge in [0, 0.05) is 0 Å². The molecule has 1 heterocycles. The molecule has 0 radical (unpaired) electrons. The highest BCUT2D eigenvalue weighted by atomic mass is 16.3. The van der Waals surface area contributed by atoms with Gasteiger partial charge in [-0.05, 0) is 6.92 Å². The van der Waals surface area contributed by atoms with Crippen LogP contribution in [0.5, 0.6) is 0 Å². The van der Waals surface area contributed by atoms with E-state index in [2.05, 4.69) is 0 Å². The molecule has 2 atom stereocenters. The van der Waals surface area contributed by atoms with Crippen molar-refractivity contribution in [2.75, 3.05) is 13.2 Å². The summed E-state index contributed by atoms with van der Waals surface area (Å²) in [5.74, 6) is -0.478. The van der Waals surface area contributed by atoms with Gasteiger partial charge < -0.3 is 15.1 Å². The van der Waals surface area contributed by atoms with E-state index in [0.717, 1.165) is 0 Å². The Labute approximate surface area is 76.0 Å². The van der Waals surface area contributed by atoms with E-state index < -0.39 is 12.1 Å². The van der Waals surface area contributed by atoms with Gasteiger partial charge in [-0.1, -0.05) is 0 Å². The highest BCUT2D eigenvalue weighted by Crippen LogP contribution is 2.13. The van der Waals surface area contributed by atoms with Crippen LogP contribution in [0.4, 0.5) is 0 Å². The van der Waals surface area contributed by atoms with Crippen molar-refractivity contribution in [3.8, 4) is 0 Å². The summed E-state index contributed by atoms with van der Waals surface area (Å²) in [6.45, 7) is 1.17. The van der Waals surface area contributed by atoms with Gasteiger partial charge >= 0.3 is 0 Å². The molecule has 0 bridgehead atoms. The first-order valence-corrected chi connectivity index (χ1v) is 4.16. The summed E-state index contributed by atoms with van der Waals surface area (Å²) in [6, 6.07) is -0.654. The highest BCUT2D eigenvalue weighted by Gasteiger charge is 2.34. The molecule has 5 heteroatoms. The maximum absolute atomic E-state index is 11.2. The summed E-state index contributed by atoms with van der Waals surface area (Å²) in [7, 11) is 0. The average Bonchev–Trinajstić information content (AvgIpc) is 2.31. The molecule has 74 valence electrons. The number of carbonyl (C=O) groups excluding carboxylic acids is 2. The van der Waals surface area contributed by atoms with Crippen LogP contribution in [0.2, 0.25) is 0 Å². The third-order valence-electron chi connectivity index (χ3n) is 2.16. The summed E-state index contributed by atoms with van der Waals surface area (Å²) in [5.41, 5.74) is 0. The SMILES string of the molecule is C[C@@H](O)[C@@H](CO)N1CC(=O)CC1=O. The van der Waals surface area contributed by atoms with Gasteiger partial charge in [-0.15, -0.1) is 0 Å². The minimum absolute atomic E-state index is 0.00889. The zero-order chi connectivity index (χ0) is 10.0. The van der Waals surface area contributed by atoms with Crippen molar-refractivity contribution in [2.45, 2.75) is 25.5 Å². The van der Waals surface area contributed by atoms with Crippen LogP contribution in [-0.4, -0.2) is 52.1 Å². The van der Waals surface area contributed by atoms with Crippen molar-refractivity contribution < 1.29 is 19.8 Å². The fraction of sp³-hybridized carbons (Fsp3) is 0.750. The molecule has 0 spiro atoms.